The summed E-state index contributed by atoms with van der Waals surface area (Å²) in [5, 5.41) is 16.0. The molecule has 0 saturated carbocycles. The molecular formula is C18H20N4O4. The standard InChI is InChI=1S/C18H20N4O4/c1-21(13-18(24)20-14-5-3-2-4-6-14)12-11-17(23)19-15-7-9-16(10-8-15)22(25)26/h2-10H,11-13H2,1H3,(H,19,23)(H,20,24). The molecule has 0 saturated heterocycles. The zero-order valence-corrected chi connectivity index (χ0v) is 14.3. The van der Waals surface area contributed by atoms with E-state index in [1.54, 1.807) is 24.1 Å². The summed E-state index contributed by atoms with van der Waals surface area (Å²) in [5.74, 6) is -0.386. The summed E-state index contributed by atoms with van der Waals surface area (Å²) in [7, 11) is 1.75. The molecule has 0 aliphatic carbocycles. The number of benzene rings is 2. The molecule has 0 spiro atoms. The Kier molecular flexibility index (Phi) is 6.81. The van der Waals surface area contributed by atoms with Gasteiger partial charge in [0.2, 0.25) is 11.8 Å². The molecule has 2 rings (SSSR count). The number of nitro groups is 1. The highest BCUT2D eigenvalue weighted by Gasteiger charge is 2.10. The van der Waals surface area contributed by atoms with Gasteiger partial charge in [0.15, 0.2) is 0 Å². The number of anilines is 2. The number of para-hydroxylation sites is 1. The maximum absolute atomic E-state index is 11.9. The number of likely N-dealkylation sites (N-methyl/N-ethyl adjacent to an activating group) is 1. The maximum atomic E-state index is 11.9. The van der Waals surface area contributed by atoms with Crippen molar-refractivity contribution in [3.8, 4) is 0 Å². The van der Waals surface area contributed by atoms with E-state index >= 15 is 0 Å². The molecule has 2 aromatic rings. The lowest BCUT2D eigenvalue weighted by Crippen LogP contribution is -2.32. The van der Waals surface area contributed by atoms with Crippen molar-refractivity contribution in [1.82, 2.24) is 4.90 Å². The monoisotopic (exact) mass is 356 g/mol. The van der Waals surface area contributed by atoms with E-state index in [1.165, 1.54) is 24.3 Å². The molecular weight excluding hydrogens is 336 g/mol. The molecule has 0 bridgehead atoms. The van der Waals surface area contributed by atoms with Gasteiger partial charge in [0.05, 0.1) is 11.5 Å². The lowest BCUT2D eigenvalue weighted by molar-refractivity contribution is -0.384. The van der Waals surface area contributed by atoms with Crippen LogP contribution in [-0.4, -0.2) is 41.8 Å². The first-order valence-electron chi connectivity index (χ1n) is 8.02. The van der Waals surface area contributed by atoms with Crippen molar-refractivity contribution in [3.05, 3.63) is 64.7 Å². The minimum Gasteiger partial charge on any atom is -0.326 e. The molecule has 2 N–H and O–H groups in total. The second kappa shape index (κ2) is 9.28. The Morgan fingerprint density at radius 2 is 1.54 bits per heavy atom. The number of rotatable bonds is 8. The molecule has 0 aliphatic rings. The fourth-order valence-electron chi connectivity index (χ4n) is 2.23. The summed E-state index contributed by atoms with van der Waals surface area (Å²) >= 11 is 0. The van der Waals surface area contributed by atoms with Gasteiger partial charge in [-0.2, -0.15) is 0 Å². The average Bonchev–Trinajstić information content (AvgIpc) is 2.61. The van der Waals surface area contributed by atoms with E-state index in [0.29, 0.717) is 12.2 Å². The van der Waals surface area contributed by atoms with Gasteiger partial charge in [-0.15, -0.1) is 0 Å². The van der Waals surface area contributed by atoms with Crippen LogP contribution in [0.2, 0.25) is 0 Å². The largest absolute Gasteiger partial charge is 0.326 e. The Balaban J connectivity index is 1.72. The van der Waals surface area contributed by atoms with E-state index in [2.05, 4.69) is 10.6 Å². The number of nitrogens with one attached hydrogen (secondary N) is 2. The van der Waals surface area contributed by atoms with Gasteiger partial charge in [0.1, 0.15) is 0 Å². The lowest BCUT2D eigenvalue weighted by Gasteiger charge is -2.16. The SMILES string of the molecule is CN(CCC(=O)Nc1ccc([N+](=O)[O-])cc1)CC(=O)Nc1ccccc1. The minimum absolute atomic E-state index is 0.0350. The number of amides is 2. The van der Waals surface area contributed by atoms with Crippen molar-refractivity contribution >= 4 is 28.9 Å². The van der Waals surface area contributed by atoms with Crippen LogP contribution in [0, 0.1) is 10.1 Å². The van der Waals surface area contributed by atoms with E-state index in [0.717, 1.165) is 5.69 Å². The fourth-order valence-corrected chi connectivity index (χ4v) is 2.23. The Bertz CT molecular complexity index is 763. The summed E-state index contributed by atoms with van der Waals surface area (Å²) in [4.78, 5) is 35.7. The Morgan fingerprint density at radius 3 is 2.15 bits per heavy atom. The van der Waals surface area contributed by atoms with Crippen molar-refractivity contribution in [1.29, 1.82) is 0 Å². The molecule has 8 heteroatoms. The first-order valence-corrected chi connectivity index (χ1v) is 8.02. The highest BCUT2D eigenvalue weighted by molar-refractivity contribution is 5.92. The summed E-state index contributed by atoms with van der Waals surface area (Å²) in [6.45, 7) is 0.570. The van der Waals surface area contributed by atoms with E-state index < -0.39 is 4.92 Å². The molecule has 0 heterocycles. The molecule has 26 heavy (non-hydrogen) atoms. The van der Waals surface area contributed by atoms with Gasteiger partial charge in [-0.25, -0.2) is 0 Å². The summed E-state index contributed by atoms with van der Waals surface area (Å²) in [6, 6.07) is 14.8. The summed E-state index contributed by atoms with van der Waals surface area (Å²) in [5.41, 5.74) is 1.18. The molecule has 0 aromatic heterocycles. The number of nitro benzene ring substituents is 1. The lowest BCUT2D eigenvalue weighted by atomic mass is 10.2. The third kappa shape index (κ3) is 6.33. The number of carbonyl (C=O) groups excluding carboxylic acids is 2. The normalized spacial score (nSPS) is 10.4. The van der Waals surface area contributed by atoms with Crippen molar-refractivity contribution in [2.45, 2.75) is 6.42 Å². The van der Waals surface area contributed by atoms with Crippen molar-refractivity contribution in [2.24, 2.45) is 0 Å². The fraction of sp³-hybridized carbons (Fsp3) is 0.222. The number of carbonyl (C=O) groups is 2. The Hall–Kier alpha value is -3.26. The molecule has 0 fully saturated rings. The van der Waals surface area contributed by atoms with Gasteiger partial charge >= 0.3 is 0 Å². The molecule has 2 amide bonds. The molecule has 0 radical (unpaired) electrons. The Labute approximate surface area is 151 Å². The molecule has 0 atom stereocenters. The zero-order valence-electron chi connectivity index (χ0n) is 14.3. The van der Waals surface area contributed by atoms with Crippen molar-refractivity contribution in [2.75, 3.05) is 30.8 Å². The van der Waals surface area contributed by atoms with Crippen LogP contribution >= 0.6 is 0 Å². The molecule has 136 valence electrons. The highest BCUT2D eigenvalue weighted by atomic mass is 16.6. The van der Waals surface area contributed by atoms with Crippen molar-refractivity contribution < 1.29 is 14.5 Å². The van der Waals surface area contributed by atoms with Gasteiger partial charge in [0, 0.05) is 36.5 Å². The molecule has 8 nitrogen and oxygen atoms in total. The van der Waals surface area contributed by atoms with Crippen LogP contribution in [0.15, 0.2) is 54.6 Å². The molecule has 0 aliphatic heterocycles. The summed E-state index contributed by atoms with van der Waals surface area (Å²) in [6.07, 6.45) is 0.201. The van der Waals surface area contributed by atoms with Gasteiger partial charge in [-0.1, -0.05) is 18.2 Å². The molecule has 0 unspecified atom stereocenters. The second-order valence-electron chi connectivity index (χ2n) is 5.75. The third-order valence-electron chi connectivity index (χ3n) is 3.55. The maximum Gasteiger partial charge on any atom is 0.269 e. The number of nitrogens with zero attached hydrogens (tertiary/aromatic N) is 2. The van der Waals surface area contributed by atoms with Gasteiger partial charge < -0.3 is 10.6 Å². The van der Waals surface area contributed by atoms with Gasteiger partial charge in [-0.3, -0.25) is 24.6 Å². The van der Waals surface area contributed by atoms with Crippen LogP contribution in [0.1, 0.15) is 6.42 Å². The van der Waals surface area contributed by atoms with E-state index in [9.17, 15) is 19.7 Å². The number of non-ortho nitro benzene ring substituents is 1. The van der Waals surface area contributed by atoms with Crippen LogP contribution in [-0.2, 0) is 9.59 Å². The quantitative estimate of drug-likeness (QED) is 0.558. The first-order chi connectivity index (χ1) is 12.4. The van der Waals surface area contributed by atoms with E-state index in [4.69, 9.17) is 0 Å². The minimum atomic E-state index is -0.499. The number of hydrogen-bond donors (Lipinski definition) is 2. The zero-order chi connectivity index (χ0) is 18.9. The van der Waals surface area contributed by atoms with Crippen molar-refractivity contribution in [3.63, 3.8) is 0 Å². The van der Waals surface area contributed by atoms with Crippen LogP contribution in [0.3, 0.4) is 0 Å². The molecule has 2 aromatic carbocycles. The smallest absolute Gasteiger partial charge is 0.269 e. The van der Waals surface area contributed by atoms with Crippen LogP contribution in [0.5, 0.6) is 0 Å². The highest BCUT2D eigenvalue weighted by Crippen LogP contribution is 2.15. The predicted molar refractivity (Wildman–Crippen MR) is 98.9 cm³/mol. The van der Waals surface area contributed by atoms with Gasteiger partial charge in [0.25, 0.3) is 5.69 Å². The second-order valence-corrected chi connectivity index (χ2v) is 5.75. The Morgan fingerprint density at radius 1 is 0.962 bits per heavy atom. The number of hydrogen-bond acceptors (Lipinski definition) is 5. The summed E-state index contributed by atoms with van der Waals surface area (Å²) < 4.78 is 0. The van der Waals surface area contributed by atoms with E-state index in [-0.39, 0.29) is 30.5 Å². The first kappa shape index (κ1) is 19.1. The van der Waals surface area contributed by atoms with Gasteiger partial charge in [-0.05, 0) is 31.3 Å². The van der Waals surface area contributed by atoms with Crippen LogP contribution < -0.4 is 10.6 Å². The predicted octanol–water partition coefficient (Wildman–Crippen LogP) is 2.49. The van der Waals surface area contributed by atoms with E-state index in [1.807, 2.05) is 18.2 Å². The topological polar surface area (TPSA) is 105 Å². The van der Waals surface area contributed by atoms with Crippen LogP contribution in [0.25, 0.3) is 0 Å². The third-order valence-corrected chi connectivity index (χ3v) is 3.55. The van der Waals surface area contributed by atoms with Crippen LogP contribution in [0.4, 0.5) is 17.1 Å². The average molecular weight is 356 g/mol.